The average molecular weight is 287 g/mol. The van der Waals surface area contributed by atoms with Crippen LogP contribution in [0.4, 0.5) is 0 Å². The molecule has 0 radical (unpaired) electrons. The van der Waals surface area contributed by atoms with E-state index in [1.54, 1.807) is 0 Å². The Hall–Kier alpha value is -1.10. The van der Waals surface area contributed by atoms with Crippen LogP contribution in [0, 0.1) is 0 Å². The van der Waals surface area contributed by atoms with Gasteiger partial charge in [0.25, 0.3) is 0 Å². The molecule has 2 unspecified atom stereocenters. The molecule has 0 amide bonds. The van der Waals surface area contributed by atoms with Gasteiger partial charge in [-0.3, -0.25) is 9.88 Å². The third-order valence-electron chi connectivity index (χ3n) is 3.96. The van der Waals surface area contributed by atoms with Crippen molar-refractivity contribution in [3.05, 3.63) is 42.1 Å². The fraction of sp³-hybridized carbons (Fsp3) is 0.438. The van der Waals surface area contributed by atoms with Gasteiger partial charge < -0.3 is 5.73 Å². The van der Waals surface area contributed by atoms with Gasteiger partial charge >= 0.3 is 0 Å². The minimum absolute atomic E-state index is 0.275. The predicted octanol–water partition coefficient (Wildman–Crippen LogP) is 2.67. The lowest BCUT2D eigenvalue weighted by atomic mass is 10.0. The molecule has 2 aromatic rings. The van der Waals surface area contributed by atoms with Crippen LogP contribution in [0.3, 0.4) is 0 Å². The molecule has 3 nitrogen and oxygen atoms in total. The second-order valence-electron chi connectivity index (χ2n) is 5.35. The van der Waals surface area contributed by atoms with Gasteiger partial charge in [-0.25, -0.2) is 0 Å². The molecule has 0 aliphatic carbocycles. The van der Waals surface area contributed by atoms with E-state index in [2.05, 4.69) is 52.8 Å². The molecule has 1 aliphatic heterocycles. The second-order valence-corrected chi connectivity index (χ2v) is 6.90. The first kappa shape index (κ1) is 13.9. The van der Waals surface area contributed by atoms with Crippen LogP contribution < -0.4 is 5.73 Å². The number of nitrogens with two attached hydrogens (primary N) is 1. The Kier molecular flexibility index (Phi) is 4.24. The van der Waals surface area contributed by atoms with Gasteiger partial charge in [0.1, 0.15) is 0 Å². The Balaban J connectivity index is 1.98. The average Bonchev–Trinajstić information content (AvgIpc) is 2.48. The molecule has 1 aromatic heterocycles. The number of para-hydroxylation sites is 1. The van der Waals surface area contributed by atoms with E-state index >= 15 is 0 Å². The van der Waals surface area contributed by atoms with Crippen LogP contribution in [0.15, 0.2) is 36.5 Å². The van der Waals surface area contributed by atoms with Gasteiger partial charge in [0.15, 0.2) is 0 Å². The van der Waals surface area contributed by atoms with Gasteiger partial charge in [0.2, 0.25) is 0 Å². The molecule has 1 saturated heterocycles. The van der Waals surface area contributed by atoms with E-state index < -0.39 is 0 Å². The molecule has 4 heteroatoms. The van der Waals surface area contributed by atoms with Crippen molar-refractivity contribution >= 4 is 22.7 Å². The minimum Gasteiger partial charge on any atom is -0.329 e. The first-order valence-corrected chi connectivity index (χ1v) is 8.24. The fourth-order valence-corrected chi connectivity index (χ4v) is 4.04. The van der Waals surface area contributed by atoms with Gasteiger partial charge in [-0.1, -0.05) is 31.2 Å². The number of fused-ring (bicyclic) bond motifs is 1. The highest BCUT2D eigenvalue weighted by molar-refractivity contribution is 7.99. The van der Waals surface area contributed by atoms with Crippen molar-refractivity contribution in [2.45, 2.75) is 18.2 Å². The summed E-state index contributed by atoms with van der Waals surface area (Å²) in [5.41, 5.74) is 8.46. The number of pyridine rings is 1. The molecule has 2 heterocycles. The number of benzene rings is 1. The number of thioether (sulfide) groups is 1. The fourth-order valence-electron chi connectivity index (χ4n) is 3.00. The molecule has 20 heavy (non-hydrogen) atoms. The number of hydrogen-bond acceptors (Lipinski definition) is 4. The summed E-state index contributed by atoms with van der Waals surface area (Å²) in [7, 11) is 0. The molecular formula is C16H21N3S. The van der Waals surface area contributed by atoms with Crippen LogP contribution in [0.25, 0.3) is 10.9 Å². The van der Waals surface area contributed by atoms with Crippen molar-refractivity contribution < 1.29 is 0 Å². The molecule has 0 spiro atoms. The van der Waals surface area contributed by atoms with Crippen molar-refractivity contribution in [3.63, 3.8) is 0 Å². The van der Waals surface area contributed by atoms with Gasteiger partial charge in [-0.05, 0) is 11.6 Å². The van der Waals surface area contributed by atoms with Crippen LogP contribution in [-0.4, -0.2) is 40.5 Å². The third-order valence-corrected chi connectivity index (χ3v) is 5.10. The summed E-state index contributed by atoms with van der Waals surface area (Å²) in [6.45, 7) is 5.16. The zero-order valence-electron chi connectivity index (χ0n) is 11.8. The quantitative estimate of drug-likeness (QED) is 0.942. The number of rotatable bonds is 3. The lowest BCUT2D eigenvalue weighted by Crippen LogP contribution is -2.42. The molecule has 0 saturated carbocycles. The van der Waals surface area contributed by atoms with E-state index in [1.165, 1.54) is 16.7 Å². The molecule has 3 rings (SSSR count). The van der Waals surface area contributed by atoms with Gasteiger partial charge in [-0.2, -0.15) is 11.8 Å². The summed E-state index contributed by atoms with van der Waals surface area (Å²) in [5.74, 6) is 1.19. The van der Waals surface area contributed by atoms with E-state index in [1.807, 2.05) is 12.3 Å². The van der Waals surface area contributed by atoms with Crippen molar-refractivity contribution in [1.82, 2.24) is 9.88 Å². The van der Waals surface area contributed by atoms with Crippen LogP contribution in [-0.2, 0) is 0 Å². The van der Waals surface area contributed by atoms with Crippen molar-refractivity contribution in [3.8, 4) is 0 Å². The highest BCUT2D eigenvalue weighted by Gasteiger charge is 2.25. The Bertz CT molecular complexity index is 581. The van der Waals surface area contributed by atoms with Crippen LogP contribution in [0.5, 0.6) is 0 Å². The summed E-state index contributed by atoms with van der Waals surface area (Å²) in [4.78, 5) is 7.09. The molecular weight excluding hydrogens is 266 g/mol. The standard InChI is InChI=1S/C16H21N3S/c1-12-11-19(8-9-20-12)15(10-17)14-6-2-4-13-5-3-7-18-16(13)14/h2-7,12,15H,8-11,17H2,1H3. The zero-order valence-corrected chi connectivity index (χ0v) is 12.6. The van der Waals surface area contributed by atoms with Crippen molar-refractivity contribution in [2.24, 2.45) is 5.73 Å². The lowest BCUT2D eigenvalue weighted by molar-refractivity contribution is 0.212. The Morgan fingerprint density at radius 3 is 3.05 bits per heavy atom. The molecule has 2 N–H and O–H groups in total. The van der Waals surface area contributed by atoms with E-state index in [4.69, 9.17) is 5.73 Å². The molecule has 0 bridgehead atoms. The smallest absolute Gasteiger partial charge is 0.0750 e. The Morgan fingerprint density at radius 2 is 2.25 bits per heavy atom. The summed E-state index contributed by atoms with van der Waals surface area (Å²) in [6.07, 6.45) is 1.87. The van der Waals surface area contributed by atoms with Crippen LogP contribution >= 0.6 is 11.8 Å². The monoisotopic (exact) mass is 287 g/mol. The topological polar surface area (TPSA) is 42.1 Å². The maximum absolute atomic E-state index is 6.10. The highest BCUT2D eigenvalue weighted by Crippen LogP contribution is 2.30. The SMILES string of the molecule is CC1CN(C(CN)c2cccc3cccnc23)CCS1. The number of nitrogens with zero attached hydrogens (tertiary/aromatic N) is 2. The summed E-state index contributed by atoms with van der Waals surface area (Å²) < 4.78 is 0. The second kappa shape index (κ2) is 6.12. The molecule has 1 fully saturated rings. The van der Waals surface area contributed by atoms with Gasteiger partial charge in [-0.15, -0.1) is 0 Å². The predicted molar refractivity (Wildman–Crippen MR) is 87.0 cm³/mol. The molecule has 2 atom stereocenters. The first-order valence-electron chi connectivity index (χ1n) is 7.19. The Labute approximate surface area is 124 Å². The van der Waals surface area contributed by atoms with Gasteiger partial charge in [0, 0.05) is 48.3 Å². The van der Waals surface area contributed by atoms with Crippen molar-refractivity contribution in [2.75, 3.05) is 25.4 Å². The summed E-state index contributed by atoms with van der Waals surface area (Å²) >= 11 is 2.05. The van der Waals surface area contributed by atoms with E-state index in [9.17, 15) is 0 Å². The maximum atomic E-state index is 6.10. The molecule has 1 aliphatic rings. The van der Waals surface area contributed by atoms with E-state index in [0.717, 1.165) is 18.6 Å². The summed E-state index contributed by atoms with van der Waals surface area (Å²) in [5, 5.41) is 1.88. The maximum Gasteiger partial charge on any atom is 0.0750 e. The zero-order chi connectivity index (χ0) is 13.9. The minimum atomic E-state index is 0.275. The Morgan fingerprint density at radius 1 is 1.40 bits per heavy atom. The van der Waals surface area contributed by atoms with Crippen LogP contribution in [0.1, 0.15) is 18.5 Å². The van der Waals surface area contributed by atoms with Crippen LogP contribution in [0.2, 0.25) is 0 Å². The molecule has 1 aromatic carbocycles. The number of hydrogen-bond donors (Lipinski definition) is 1. The van der Waals surface area contributed by atoms with Gasteiger partial charge in [0.05, 0.1) is 5.52 Å². The highest BCUT2D eigenvalue weighted by atomic mass is 32.2. The third kappa shape index (κ3) is 2.68. The number of aromatic nitrogens is 1. The van der Waals surface area contributed by atoms with E-state index in [0.29, 0.717) is 11.8 Å². The van der Waals surface area contributed by atoms with E-state index in [-0.39, 0.29) is 6.04 Å². The molecule has 106 valence electrons. The summed E-state index contributed by atoms with van der Waals surface area (Å²) in [6, 6.07) is 10.8. The lowest BCUT2D eigenvalue weighted by Gasteiger charge is -2.36. The van der Waals surface area contributed by atoms with Crippen molar-refractivity contribution in [1.29, 1.82) is 0 Å². The largest absolute Gasteiger partial charge is 0.329 e. The first-order chi connectivity index (χ1) is 9.79. The normalized spacial score (nSPS) is 22.0.